The molecule has 0 saturated heterocycles. The largest absolute Gasteiger partial charge is 0.480 e. The molecule has 0 radical (unpaired) electrons. The smallest absolute Gasteiger partial charge is 0.224 e. The zero-order valence-corrected chi connectivity index (χ0v) is 11.8. The number of aryl methyl sites for hydroxylation is 1. The molecule has 3 heteroatoms. The van der Waals surface area contributed by atoms with Crippen molar-refractivity contribution in [1.29, 1.82) is 0 Å². The van der Waals surface area contributed by atoms with Gasteiger partial charge in [0, 0.05) is 6.20 Å². The molecule has 0 saturated carbocycles. The molecular formula is C16H18N2O. The van der Waals surface area contributed by atoms with Crippen molar-refractivity contribution >= 4 is 5.57 Å². The van der Waals surface area contributed by atoms with Crippen molar-refractivity contribution in [3.8, 4) is 5.88 Å². The van der Waals surface area contributed by atoms with Gasteiger partial charge < -0.3 is 4.74 Å². The summed E-state index contributed by atoms with van der Waals surface area (Å²) in [5.74, 6) is 0.603. The predicted molar refractivity (Wildman–Crippen MR) is 77.1 cm³/mol. The number of ether oxygens (including phenoxy) is 1. The molecule has 1 heterocycles. The van der Waals surface area contributed by atoms with Crippen LogP contribution in [0.1, 0.15) is 30.5 Å². The van der Waals surface area contributed by atoms with E-state index in [1.165, 1.54) is 17.5 Å². The molecule has 0 fully saturated rings. The first-order valence-electron chi connectivity index (χ1n) is 6.22. The SMILES string of the molecule is COc1ncncc1C(=C(C)C)c1ccc(C)cc1. The third-order valence-corrected chi connectivity index (χ3v) is 2.98. The molecule has 1 aromatic heterocycles. The molecule has 0 aliphatic heterocycles. The summed E-state index contributed by atoms with van der Waals surface area (Å²) >= 11 is 0. The maximum atomic E-state index is 5.34. The van der Waals surface area contributed by atoms with Gasteiger partial charge in [0.2, 0.25) is 5.88 Å². The van der Waals surface area contributed by atoms with Gasteiger partial charge in [-0.25, -0.2) is 9.97 Å². The van der Waals surface area contributed by atoms with Crippen LogP contribution in [0.3, 0.4) is 0 Å². The number of aromatic nitrogens is 2. The molecule has 98 valence electrons. The number of benzene rings is 1. The van der Waals surface area contributed by atoms with Gasteiger partial charge in [-0.2, -0.15) is 0 Å². The van der Waals surface area contributed by atoms with Crippen molar-refractivity contribution in [3.63, 3.8) is 0 Å². The van der Waals surface area contributed by atoms with Crippen molar-refractivity contribution in [3.05, 3.63) is 59.1 Å². The second-order valence-corrected chi connectivity index (χ2v) is 4.69. The summed E-state index contributed by atoms with van der Waals surface area (Å²) in [6.45, 7) is 6.25. The molecule has 2 rings (SSSR count). The monoisotopic (exact) mass is 254 g/mol. The van der Waals surface area contributed by atoms with Crippen LogP contribution >= 0.6 is 0 Å². The van der Waals surface area contributed by atoms with Crippen molar-refractivity contribution in [2.24, 2.45) is 0 Å². The Kier molecular flexibility index (Phi) is 3.95. The molecule has 1 aromatic carbocycles. The van der Waals surface area contributed by atoms with E-state index in [0.29, 0.717) is 5.88 Å². The molecule has 0 aliphatic carbocycles. The highest BCUT2D eigenvalue weighted by Crippen LogP contribution is 2.31. The van der Waals surface area contributed by atoms with Crippen LogP contribution in [-0.4, -0.2) is 17.1 Å². The summed E-state index contributed by atoms with van der Waals surface area (Å²) < 4.78 is 5.34. The molecule has 0 aliphatic rings. The van der Waals surface area contributed by atoms with E-state index < -0.39 is 0 Å². The van der Waals surface area contributed by atoms with Crippen LogP contribution in [0.25, 0.3) is 5.57 Å². The average molecular weight is 254 g/mol. The maximum absolute atomic E-state index is 5.34. The van der Waals surface area contributed by atoms with Crippen LogP contribution in [-0.2, 0) is 0 Å². The zero-order valence-electron chi connectivity index (χ0n) is 11.8. The van der Waals surface area contributed by atoms with Gasteiger partial charge in [-0.1, -0.05) is 35.4 Å². The Morgan fingerprint density at radius 1 is 1.11 bits per heavy atom. The summed E-state index contributed by atoms with van der Waals surface area (Å²) in [4.78, 5) is 8.29. The van der Waals surface area contributed by atoms with Crippen LogP contribution in [0, 0.1) is 6.92 Å². The highest BCUT2D eigenvalue weighted by atomic mass is 16.5. The van der Waals surface area contributed by atoms with Gasteiger partial charge in [-0.3, -0.25) is 0 Å². The van der Waals surface area contributed by atoms with Gasteiger partial charge in [-0.05, 0) is 31.9 Å². The lowest BCUT2D eigenvalue weighted by Gasteiger charge is -2.13. The van der Waals surface area contributed by atoms with Gasteiger partial charge in [0.1, 0.15) is 6.33 Å². The summed E-state index contributed by atoms with van der Waals surface area (Å²) in [7, 11) is 1.63. The van der Waals surface area contributed by atoms with Gasteiger partial charge in [-0.15, -0.1) is 0 Å². The Balaban J connectivity index is 2.60. The summed E-state index contributed by atoms with van der Waals surface area (Å²) in [6.07, 6.45) is 3.30. The quantitative estimate of drug-likeness (QED) is 0.838. The fourth-order valence-corrected chi connectivity index (χ4v) is 2.09. The first-order chi connectivity index (χ1) is 9.13. The van der Waals surface area contributed by atoms with Crippen LogP contribution < -0.4 is 4.74 Å². The van der Waals surface area contributed by atoms with Crippen molar-refractivity contribution < 1.29 is 4.74 Å². The number of nitrogens with zero attached hydrogens (tertiary/aromatic N) is 2. The average Bonchev–Trinajstić information content (AvgIpc) is 2.41. The molecule has 0 N–H and O–H groups in total. The minimum Gasteiger partial charge on any atom is -0.480 e. The standard InChI is InChI=1S/C16H18N2O/c1-11(2)15(13-7-5-12(3)6-8-13)14-9-17-10-18-16(14)19-4/h5-10H,1-4H3. The topological polar surface area (TPSA) is 35.0 Å². The van der Waals surface area contributed by atoms with Gasteiger partial charge in [0.15, 0.2) is 0 Å². The van der Waals surface area contributed by atoms with E-state index in [1.54, 1.807) is 13.3 Å². The fourth-order valence-electron chi connectivity index (χ4n) is 2.09. The van der Waals surface area contributed by atoms with Crippen molar-refractivity contribution in [1.82, 2.24) is 9.97 Å². The molecule has 0 spiro atoms. The third-order valence-electron chi connectivity index (χ3n) is 2.98. The highest BCUT2D eigenvalue weighted by Gasteiger charge is 2.13. The number of allylic oxidation sites excluding steroid dienone is 1. The van der Waals surface area contributed by atoms with Gasteiger partial charge >= 0.3 is 0 Å². The Bertz CT molecular complexity index is 596. The van der Waals surface area contributed by atoms with Gasteiger partial charge in [0.25, 0.3) is 0 Å². The molecule has 3 nitrogen and oxygen atoms in total. The van der Waals surface area contributed by atoms with E-state index in [9.17, 15) is 0 Å². The summed E-state index contributed by atoms with van der Waals surface area (Å²) in [5.41, 5.74) is 5.65. The van der Waals surface area contributed by atoms with E-state index in [2.05, 4.69) is 55.0 Å². The highest BCUT2D eigenvalue weighted by molar-refractivity contribution is 5.83. The second kappa shape index (κ2) is 5.65. The molecule has 0 atom stereocenters. The Hall–Kier alpha value is -2.16. The van der Waals surface area contributed by atoms with E-state index >= 15 is 0 Å². The number of rotatable bonds is 3. The van der Waals surface area contributed by atoms with Crippen LogP contribution in [0.15, 0.2) is 42.4 Å². The Labute approximate surface area is 114 Å². The third kappa shape index (κ3) is 2.81. The molecule has 19 heavy (non-hydrogen) atoms. The lowest BCUT2D eigenvalue weighted by Crippen LogP contribution is -1.98. The lowest BCUT2D eigenvalue weighted by molar-refractivity contribution is 0.395. The van der Waals surface area contributed by atoms with E-state index in [0.717, 1.165) is 16.7 Å². The summed E-state index contributed by atoms with van der Waals surface area (Å²) in [5, 5.41) is 0. The summed E-state index contributed by atoms with van der Waals surface area (Å²) in [6, 6.07) is 8.44. The molecule has 0 unspecified atom stereocenters. The minimum absolute atomic E-state index is 0.603. The first kappa shape index (κ1) is 13.3. The van der Waals surface area contributed by atoms with Crippen LogP contribution in [0.2, 0.25) is 0 Å². The maximum Gasteiger partial charge on any atom is 0.224 e. The fraction of sp³-hybridized carbons (Fsp3) is 0.250. The number of methoxy groups -OCH3 is 1. The van der Waals surface area contributed by atoms with E-state index in [1.807, 2.05) is 0 Å². The lowest BCUT2D eigenvalue weighted by atomic mass is 9.95. The number of hydrogen-bond acceptors (Lipinski definition) is 3. The van der Waals surface area contributed by atoms with Gasteiger partial charge in [0.05, 0.1) is 12.7 Å². The Morgan fingerprint density at radius 2 is 1.79 bits per heavy atom. The molecular weight excluding hydrogens is 236 g/mol. The molecule has 0 amide bonds. The Morgan fingerprint density at radius 3 is 2.37 bits per heavy atom. The zero-order chi connectivity index (χ0) is 13.8. The van der Waals surface area contributed by atoms with Crippen LogP contribution in [0.4, 0.5) is 0 Å². The van der Waals surface area contributed by atoms with Crippen molar-refractivity contribution in [2.45, 2.75) is 20.8 Å². The number of hydrogen-bond donors (Lipinski definition) is 0. The van der Waals surface area contributed by atoms with E-state index in [-0.39, 0.29) is 0 Å². The van der Waals surface area contributed by atoms with E-state index in [4.69, 9.17) is 4.74 Å². The van der Waals surface area contributed by atoms with Crippen molar-refractivity contribution in [2.75, 3.05) is 7.11 Å². The molecule has 2 aromatic rings. The first-order valence-corrected chi connectivity index (χ1v) is 6.22. The molecule has 0 bridgehead atoms. The predicted octanol–water partition coefficient (Wildman–Crippen LogP) is 3.64. The van der Waals surface area contributed by atoms with Crippen LogP contribution in [0.5, 0.6) is 5.88 Å². The second-order valence-electron chi connectivity index (χ2n) is 4.69. The normalized spacial score (nSPS) is 10.1. The minimum atomic E-state index is 0.603.